The van der Waals surface area contributed by atoms with E-state index < -0.39 is 0 Å². The maximum Gasteiger partial charge on any atom is 0.248 e. The molecule has 1 amide bonds. The van der Waals surface area contributed by atoms with Gasteiger partial charge in [-0.25, -0.2) is 0 Å². The molecule has 0 aliphatic carbocycles. The normalized spacial score (nSPS) is 12.5. The summed E-state index contributed by atoms with van der Waals surface area (Å²) in [4.78, 5) is 17.0. The van der Waals surface area contributed by atoms with E-state index in [-0.39, 0.29) is 5.91 Å². The van der Waals surface area contributed by atoms with E-state index in [0.29, 0.717) is 25.5 Å². The van der Waals surface area contributed by atoms with E-state index in [9.17, 15) is 4.79 Å². The lowest BCUT2D eigenvalue weighted by Crippen LogP contribution is -2.19. The lowest BCUT2D eigenvalue weighted by atomic mass is 10.1. The standard InChI is InChI=1S/C15H20N2O2S/c1-11(2)10-14(18)16-15-17(8-9-19-3)12-6-4-5-7-13(12)20-15/h4-7,11H,8-10H2,1-3H3. The van der Waals surface area contributed by atoms with Crippen molar-refractivity contribution >= 4 is 27.5 Å². The second-order valence-electron chi connectivity index (χ2n) is 5.10. The van der Waals surface area contributed by atoms with Crippen molar-refractivity contribution in [2.75, 3.05) is 13.7 Å². The highest BCUT2D eigenvalue weighted by molar-refractivity contribution is 7.16. The van der Waals surface area contributed by atoms with Crippen molar-refractivity contribution in [1.82, 2.24) is 4.57 Å². The molecule has 5 heteroatoms. The average Bonchev–Trinajstić information content (AvgIpc) is 2.72. The monoisotopic (exact) mass is 292 g/mol. The minimum absolute atomic E-state index is 0.0577. The van der Waals surface area contributed by atoms with Crippen LogP contribution in [0.2, 0.25) is 0 Å². The summed E-state index contributed by atoms with van der Waals surface area (Å²) in [6.07, 6.45) is 0.485. The van der Waals surface area contributed by atoms with Crippen LogP contribution >= 0.6 is 11.3 Å². The first-order valence-corrected chi connectivity index (χ1v) is 7.58. The molecule has 0 unspecified atom stereocenters. The zero-order valence-corrected chi connectivity index (χ0v) is 12.9. The Morgan fingerprint density at radius 2 is 2.15 bits per heavy atom. The molecular weight excluding hydrogens is 272 g/mol. The molecule has 0 fully saturated rings. The number of nitrogens with zero attached hydrogens (tertiary/aromatic N) is 2. The van der Waals surface area contributed by atoms with E-state index in [0.717, 1.165) is 15.0 Å². The van der Waals surface area contributed by atoms with Crippen LogP contribution in [0.3, 0.4) is 0 Å². The Morgan fingerprint density at radius 1 is 1.40 bits per heavy atom. The van der Waals surface area contributed by atoms with Gasteiger partial charge in [-0.05, 0) is 18.1 Å². The van der Waals surface area contributed by atoms with E-state index in [1.54, 1.807) is 18.4 Å². The fraction of sp³-hybridized carbons (Fsp3) is 0.467. The Labute approximate surface area is 122 Å². The van der Waals surface area contributed by atoms with Crippen LogP contribution in [0.4, 0.5) is 0 Å². The highest BCUT2D eigenvalue weighted by atomic mass is 32.1. The molecule has 0 aliphatic heterocycles. The number of ether oxygens (including phenoxy) is 1. The summed E-state index contributed by atoms with van der Waals surface area (Å²) in [5.74, 6) is 0.269. The Morgan fingerprint density at radius 3 is 2.85 bits per heavy atom. The van der Waals surface area contributed by atoms with Gasteiger partial charge in [0.25, 0.3) is 0 Å². The Bertz CT molecular complexity index is 655. The van der Waals surface area contributed by atoms with Crippen molar-refractivity contribution in [3.8, 4) is 0 Å². The predicted octanol–water partition coefficient (Wildman–Crippen LogP) is 2.82. The van der Waals surface area contributed by atoms with Gasteiger partial charge in [0, 0.05) is 20.1 Å². The fourth-order valence-electron chi connectivity index (χ4n) is 2.01. The summed E-state index contributed by atoms with van der Waals surface area (Å²) in [6.45, 7) is 5.36. The first-order valence-electron chi connectivity index (χ1n) is 6.76. The van der Waals surface area contributed by atoms with Gasteiger partial charge < -0.3 is 9.30 Å². The zero-order valence-electron chi connectivity index (χ0n) is 12.1. The number of rotatable bonds is 5. The Hall–Kier alpha value is -1.46. The Kier molecular flexibility index (Phi) is 5.09. The number of carbonyl (C=O) groups excluding carboxylic acids is 1. The van der Waals surface area contributed by atoms with Crippen LogP contribution in [0.15, 0.2) is 29.3 Å². The smallest absolute Gasteiger partial charge is 0.248 e. The van der Waals surface area contributed by atoms with E-state index in [1.165, 1.54) is 0 Å². The second kappa shape index (κ2) is 6.81. The molecule has 0 bridgehead atoms. The first kappa shape index (κ1) is 14.9. The average molecular weight is 292 g/mol. The fourth-order valence-corrected chi connectivity index (χ4v) is 3.08. The number of methoxy groups -OCH3 is 1. The first-order chi connectivity index (χ1) is 9.61. The van der Waals surface area contributed by atoms with Gasteiger partial charge in [0.15, 0.2) is 4.80 Å². The van der Waals surface area contributed by atoms with Crippen molar-refractivity contribution in [3.05, 3.63) is 29.1 Å². The van der Waals surface area contributed by atoms with Crippen molar-refractivity contribution in [1.29, 1.82) is 0 Å². The summed E-state index contributed by atoms with van der Waals surface area (Å²) in [6, 6.07) is 8.10. The van der Waals surface area contributed by atoms with Crippen molar-refractivity contribution in [2.45, 2.75) is 26.8 Å². The highest BCUT2D eigenvalue weighted by Crippen LogP contribution is 2.16. The molecule has 4 nitrogen and oxygen atoms in total. The second-order valence-corrected chi connectivity index (χ2v) is 6.11. The van der Waals surface area contributed by atoms with Crippen LogP contribution in [0, 0.1) is 5.92 Å². The van der Waals surface area contributed by atoms with Crippen LogP contribution < -0.4 is 4.80 Å². The maximum absolute atomic E-state index is 11.9. The molecule has 0 spiro atoms. The van der Waals surface area contributed by atoms with Crippen LogP contribution in [-0.2, 0) is 16.1 Å². The Balaban J connectivity index is 2.45. The molecule has 108 valence electrons. The number of aromatic nitrogens is 1. The molecule has 1 aromatic carbocycles. The molecule has 20 heavy (non-hydrogen) atoms. The highest BCUT2D eigenvalue weighted by Gasteiger charge is 2.08. The molecular formula is C15H20N2O2S. The lowest BCUT2D eigenvalue weighted by Gasteiger charge is -2.04. The molecule has 1 heterocycles. The number of thiazole rings is 1. The minimum atomic E-state index is -0.0577. The molecule has 0 N–H and O–H groups in total. The van der Waals surface area contributed by atoms with E-state index >= 15 is 0 Å². The lowest BCUT2D eigenvalue weighted by molar-refractivity contribution is -0.118. The van der Waals surface area contributed by atoms with E-state index in [4.69, 9.17) is 4.74 Å². The quantitative estimate of drug-likeness (QED) is 0.850. The third-order valence-corrected chi connectivity index (χ3v) is 3.97. The van der Waals surface area contributed by atoms with Gasteiger partial charge in [-0.2, -0.15) is 4.99 Å². The predicted molar refractivity (Wildman–Crippen MR) is 81.7 cm³/mol. The third kappa shape index (κ3) is 3.55. The SMILES string of the molecule is COCCn1c(=NC(=O)CC(C)C)sc2ccccc21. The molecule has 2 aromatic rings. The maximum atomic E-state index is 11.9. The van der Waals surface area contributed by atoms with Gasteiger partial charge in [-0.3, -0.25) is 4.79 Å². The minimum Gasteiger partial charge on any atom is -0.383 e. The van der Waals surface area contributed by atoms with Crippen molar-refractivity contribution in [2.24, 2.45) is 10.9 Å². The van der Waals surface area contributed by atoms with Crippen LogP contribution in [0.25, 0.3) is 10.2 Å². The molecule has 0 saturated heterocycles. The molecule has 2 rings (SSSR count). The summed E-state index contributed by atoms with van der Waals surface area (Å²) in [7, 11) is 1.68. The van der Waals surface area contributed by atoms with Gasteiger partial charge in [-0.15, -0.1) is 0 Å². The summed E-state index contributed by atoms with van der Waals surface area (Å²) < 4.78 is 8.34. The topological polar surface area (TPSA) is 43.6 Å². The number of benzene rings is 1. The van der Waals surface area contributed by atoms with Crippen molar-refractivity contribution in [3.63, 3.8) is 0 Å². The van der Waals surface area contributed by atoms with Gasteiger partial charge >= 0.3 is 0 Å². The van der Waals surface area contributed by atoms with Crippen LogP contribution in [0.1, 0.15) is 20.3 Å². The van der Waals surface area contributed by atoms with Gasteiger partial charge in [-0.1, -0.05) is 37.3 Å². The molecule has 0 aliphatic rings. The number of hydrogen-bond acceptors (Lipinski definition) is 3. The zero-order chi connectivity index (χ0) is 14.5. The molecule has 0 saturated carbocycles. The number of fused-ring (bicyclic) bond motifs is 1. The number of para-hydroxylation sites is 1. The van der Waals surface area contributed by atoms with Gasteiger partial charge in [0.2, 0.25) is 5.91 Å². The summed E-state index contributed by atoms with van der Waals surface area (Å²) >= 11 is 1.55. The largest absolute Gasteiger partial charge is 0.383 e. The van der Waals surface area contributed by atoms with Gasteiger partial charge in [0.1, 0.15) is 0 Å². The summed E-state index contributed by atoms with van der Waals surface area (Å²) in [5, 5.41) is 0. The number of carbonyl (C=O) groups is 1. The van der Waals surface area contributed by atoms with E-state index in [2.05, 4.69) is 15.6 Å². The molecule has 0 radical (unpaired) electrons. The third-order valence-electron chi connectivity index (χ3n) is 2.91. The summed E-state index contributed by atoms with van der Waals surface area (Å²) in [5.41, 5.74) is 1.10. The van der Waals surface area contributed by atoms with E-state index in [1.807, 2.05) is 32.0 Å². The van der Waals surface area contributed by atoms with Gasteiger partial charge in [0.05, 0.1) is 16.8 Å². The molecule has 0 atom stereocenters. The van der Waals surface area contributed by atoms with Crippen LogP contribution in [-0.4, -0.2) is 24.2 Å². The number of hydrogen-bond donors (Lipinski definition) is 0. The number of amides is 1. The van der Waals surface area contributed by atoms with Crippen molar-refractivity contribution < 1.29 is 9.53 Å². The van der Waals surface area contributed by atoms with Crippen LogP contribution in [0.5, 0.6) is 0 Å². The molecule has 1 aromatic heterocycles.